The molecule has 202 valence electrons. The quantitative estimate of drug-likeness (QED) is 0.472. The third kappa shape index (κ3) is 5.37. The normalized spacial score (nSPS) is 21.4. The minimum Gasteiger partial charge on any atom is -0.391 e. The van der Waals surface area contributed by atoms with Gasteiger partial charge >= 0.3 is 0 Å². The van der Waals surface area contributed by atoms with Gasteiger partial charge in [-0.05, 0) is 43.2 Å². The molecule has 1 saturated heterocycles. The Kier molecular flexibility index (Phi) is 7.13. The van der Waals surface area contributed by atoms with E-state index in [4.69, 9.17) is 0 Å². The number of carbonyl (C=O) groups excluding carboxylic acids is 2. The van der Waals surface area contributed by atoms with Gasteiger partial charge in [0.2, 0.25) is 11.8 Å². The predicted octanol–water partition coefficient (Wildman–Crippen LogP) is 4.01. The van der Waals surface area contributed by atoms with Crippen LogP contribution in [-0.4, -0.2) is 60.5 Å². The van der Waals surface area contributed by atoms with Gasteiger partial charge < -0.3 is 15.3 Å². The molecule has 0 bridgehead atoms. The van der Waals surface area contributed by atoms with Crippen molar-refractivity contribution in [2.75, 3.05) is 6.54 Å². The molecule has 1 aromatic carbocycles. The molecule has 1 aliphatic carbocycles. The molecule has 2 fully saturated rings. The number of nitrogens with one attached hydrogen (secondary N) is 1. The zero-order chi connectivity index (χ0) is 27.2. The monoisotopic (exact) mass is 536 g/mol. The van der Waals surface area contributed by atoms with Crippen molar-refractivity contribution >= 4 is 23.2 Å². The molecule has 2 aromatic heterocycles. The second-order valence-electron chi connectivity index (χ2n) is 11.7. The molecule has 3 aromatic rings. The lowest BCUT2D eigenvalue weighted by Gasteiger charge is -2.34. The smallest absolute Gasteiger partial charge is 0.248 e. The number of thiazole rings is 1. The van der Waals surface area contributed by atoms with Crippen LogP contribution < -0.4 is 5.32 Å². The fourth-order valence-corrected chi connectivity index (χ4v) is 6.03. The molecular formula is C28H36N6O3S. The highest BCUT2D eigenvalue weighted by molar-refractivity contribution is 7.13. The molecule has 0 spiro atoms. The lowest BCUT2D eigenvalue weighted by molar-refractivity contribution is -0.144. The molecule has 3 heterocycles. The van der Waals surface area contributed by atoms with Crippen LogP contribution in [0, 0.1) is 12.3 Å². The number of amides is 2. The van der Waals surface area contributed by atoms with Crippen molar-refractivity contribution in [3.05, 3.63) is 52.9 Å². The number of aliphatic hydroxyl groups excluding tert-OH is 1. The van der Waals surface area contributed by atoms with Crippen molar-refractivity contribution in [1.29, 1.82) is 0 Å². The summed E-state index contributed by atoms with van der Waals surface area (Å²) >= 11 is 1.60. The van der Waals surface area contributed by atoms with Crippen LogP contribution in [0.3, 0.4) is 0 Å². The van der Waals surface area contributed by atoms with Crippen LogP contribution in [0.4, 0.5) is 0 Å². The van der Waals surface area contributed by atoms with Gasteiger partial charge in [0.05, 0.1) is 33.9 Å². The first-order valence-electron chi connectivity index (χ1n) is 13.2. The second-order valence-corrected chi connectivity index (χ2v) is 12.5. The topological polar surface area (TPSA) is 113 Å². The maximum Gasteiger partial charge on any atom is 0.248 e. The highest BCUT2D eigenvalue weighted by Gasteiger charge is 2.45. The van der Waals surface area contributed by atoms with Gasteiger partial charge in [-0.1, -0.05) is 50.3 Å². The highest BCUT2D eigenvalue weighted by Crippen LogP contribution is 2.40. The molecule has 2 unspecified atom stereocenters. The van der Waals surface area contributed by atoms with Gasteiger partial charge in [0.15, 0.2) is 0 Å². The van der Waals surface area contributed by atoms with E-state index in [9.17, 15) is 14.7 Å². The summed E-state index contributed by atoms with van der Waals surface area (Å²) in [6.07, 6.45) is 3.51. The third-order valence-electron chi connectivity index (χ3n) is 7.48. The molecule has 1 aliphatic heterocycles. The zero-order valence-corrected chi connectivity index (χ0v) is 23.4. The SMILES string of the molecule is Cc1ncsc1-c1ccc(C(C)NC(=O)[C@@H]2C[C@@H](O)CN2C(=O)C(n2cc(C3CC3)nn2)C(C)(C)C)cc1. The summed E-state index contributed by atoms with van der Waals surface area (Å²) in [7, 11) is 0. The number of hydrogen-bond acceptors (Lipinski definition) is 7. The number of β-amino-alcohol motifs (C(OH)–C–C–N with tert-alkyl or cyclic N) is 1. The summed E-state index contributed by atoms with van der Waals surface area (Å²) in [5.41, 5.74) is 5.33. The molecule has 5 rings (SSSR count). The fraction of sp³-hybridized carbons (Fsp3) is 0.536. The average molecular weight is 537 g/mol. The van der Waals surface area contributed by atoms with Crippen LogP contribution in [0.1, 0.15) is 81.9 Å². The van der Waals surface area contributed by atoms with Crippen LogP contribution in [0.15, 0.2) is 36.0 Å². The van der Waals surface area contributed by atoms with E-state index in [2.05, 4.69) is 20.6 Å². The molecule has 9 nitrogen and oxygen atoms in total. The van der Waals surface area contributed by atoms with Crippen molar-refractivity contribution in [2.45, 2.75) is 84.0 Å². The van der Waals surface area contributed by atoms with Gasteiger partial charge in [0.1, 0.15) is 12.1 Å². The minimum atomic E-state index is -0.759. The molecule has 10 heteroatoms. The first-order chi connectivity index (χ1) is 18.0. The Labute approximate surface area is 227 Å². The first-order valence-corrected chi connectivity index (χ1v) is 14.1. The summed E-state index contributed by atoms with van der Waals surface area (Å²) in [6, 6.07) is 6.43. The van der Waals surface area contributed by atoms with E-state index in [0.717, 1.165) is 40.2 Å². The maximum atomic E-state index is 13.9. The summed E-state index contributed by atoms with van der Waals surface area (Å²) in [4.78, 5) is 34.3. The summed E-state index contributed by atoms with van der Waals surface area (Å²) in [5, 5.41) is 22.2. The van der Waals surface area contributed by atoms with Crippen molar-refractivity contribution in [3.8, 4) is 10.4 Å². The van der Waals surface area contributed by atoms with E-state index in [1.54, 1.807) is 16.0 Å². The van der Waals surface area contributed by atoms with Crippen molar-refractivity contribution in [3.63, 3.8) is 0 Å². The average Bonchev–Trinajstić information content (AvgIpc) is 3.23. The second kappa shape index (κ2) is 10.2. The van der Waals surface area contributed by atoms with Crippen molar-refractivity contribution < 1.29 is 14.7 Å². The van der Waals surface area contributed by atoms with E-state index in [0.29, 0.717) is 5.92 Å². The number of aryl methyl sites for hydroxylation is 1. The Morgan fingerprint density at radius 1 is 1.18 bits per heavy atom. The molecule has 1 saturated carbocycles. The summed E-state index contributed by atoms with van der Waals surface area (Å²) < 4.78 is 1.64. The molecule has 38 heavy (non-hydrogen) atoms. The molecule has 2 aliphatic rings. The number of nitrogens with zero attached hydrogens (tertiary/aromatic N) is 5. The Hall–Kier alpha value is -3.11. The number of aromatic nitrogens is 4. The van der Waals surface area contributed by atoms with Gasteiger partial charge in [0, 0.05) is 25.1 Å². The largest absolute Gasteiger partial charge is 0.391 e. The lowest BCUT2D eigenvalue weighted by Crippen LogP contribution is -2.50. The van der Waals surface area contributed by atoms with Crippen molar-refractivity contribution in [2.24, 2.45) is 5.41 Å². The van der Waals surface area contributed by atoms with Crippen LogP contribution in [0.5, 0.6) is 0 Å². The summed E-state index contributed by atoms with van der Waals surface area (Å²) in [5.74, 6) is -0.0683. The minimum absolute atomic E-state index is 0.116. The Balaban J connectivity index is 1.31. The predicted molar refractivity (Wildman–Crippen MR) is 145 cm³/mol. The van der Waals surface area contributed by atoms with Crippen LogP contribution in [0.25, 0.3) is 10.4 Å². The van der Waals surface area contributed by atoms with E-state index >= 15 is 0 Å². The number of carbonyl (C=O) groups is 2. The standard InChI is InChI=1S/C28H36N6O3S/c1-16(18-6-10-20(11-7-18)24-17(2)29-15-38-24)30-26(36)23-12-21(35)13-33(23)27(37)25(28(3,4)5)34-14-22(31-32-34)19-8-9-19/h6-7,10-11,14-16,19,21,23,25,35H,8-9,12-13H2,1-5H3,(H,30,36)/t16?,21-,23+,25?/m1/s1. The Bertz CT molecular complexity index is 1310. The number of hydrogen-bond donors (Lipinski definition) is 2. The number of aliphatic hydroxyl groups is 1. The van der Waals surface area contributed by atoms with Crippen LogP contribution >= 0.6 is 11.3 Å². The van der Waals surface area contributed by atoms with Gasteiger partial charge in [-0.3, -0.25) is 9.59 Å². The van der Waals surface area contributed by atoms with Gasteiger partial charge in [-0.15, -0.1) is 16.4 Å². The summed E-state index contributed by atoms with van der Waals surface area (Å²) in [6.45, 7) is 9.98. The Morgan fingerprint density at radius 3 is 2.50 bits per heavy atom. The van der Waals surface area contributed by atoms with Gasteiger partial charge in [-0.25, -0.2) is 9.67 Å². The van der Waals surface area contributed by atoms with E-state index in [1.807, 2.05) is 70.6 Å². The van der Waals surface area contributed by atoms with E-state index in [-0.39, 0.29) is 30.8 Å². The van der Waals surface area contributed by atoms with Gasteiger partial charge in [-0.2, -0.15) is 0 Å². The maximum absolute atomic E-state index is 13.9. The molecule has 4 atom stereocenters. The Morgan fingerprint density at radius 2 is 1.89 bits per heavy atom. The lowest BCUT2D eigenvalue weighted by atomic mass is 9.85. The van der Waals surface area contributed by atoms with Gasteiger partial charge in [0.25, 0.3) is 0 Å². The molecular weight excluding hydrogens is 500 g/mol. The molecule has 2 N–H and O–H groups in total. The highest BCUT2D eigenvalue weighted by atomic mass is 32.1. The molecule has 2 amide bonds. The van der Waals surface area contributed by atoms with Crippen LogP contribution in [-0.2, 0) is 9.59 Å². The third-order valence-corrected chi connectivity index (χ3v) is 8.46. The molecule has 0 radical (unpaired) electrons. The number of likely N-dealkylation sites (tertiary alicyclic amines) is 1. The number of rotatable bonds is 7. The van der Waals surface area contributed by atoms with Crippen molar-refractivity contribution in [1.82, 2.24) is 30.2 Å². The first kappa shape index (κ1) is 26.5. The van der Waals surface area contributed by atoms with Crippen LogP contribution in [0.2, 0.25) is 0 Å². The van der Waals surface area contributed by atoms with E-state index < -0.39 is 23.6 Å². The zero-order valence-electron chi connectivity index (χ0n) is 22.6. The van der Waals surface area contributed by atoms with E-state index in [1.165, 1.54) is 4.90 Å². The fourth-order valence-electron chi connectivity index (χ4n) is 5.22. The number of benzene rings is 1.